The van der Waals surface area contributed by atoms with Gasteiger partial charge in [0.2, 0.25) is 11.2 Å². The Morgan fingerprint density at radius 1 is 0.524 bits per heavy atom. The predicted octanol–water partition coefficient (Wildman–Crippen LogP) is 11.4. The first-order valence-corrected chi connectivity index (χ1v) is 14.8. The number of fused-ring (bicyclic) bond motifs is 4. The second-order valence-electron chi connectivity index (χ2n) is 10.1. The fourth-order valence-electron chi connectivity index (χ4n) is 5.87. The quantitative estimate of drug-likeness (QED) is 0.108. The zero-order valence-corrected chi connectivity index (χ0v) is 25.4. The van der Waals surface area contributed by atoms with Gasteiger partial charge in [-0.2, -0.15) is 4.40 Å². The van der Waals surface area contributed by atoms with E-state index in [0.29, 0.717) is 20.1 Å². The van der Waals surface area contributed by atoms with Crippen molar-refractivity contribution in [3.05, 3.63) is 135 Å². The summed E-state index contributed by atoms with van der Waals surface area (Å²) in [4.78, 5) is 0. The standard InChI is InChI=1S/C36H22Cl4NO/c1-42-31-7-3-4-27-29(31)20-41-35(23-12-18-26(39)19-13-23)33(22-10-16-25(38)17-11-22)34-28(5-2-6-30(34)40)36(41)32(27)21-8-14-24(37)15-9-21/h2-20H,1H3/q+1. The fourth-order valence-corrected chi connectivity index (χ4v) is 6.51. The molecule has 0 radical (unpaired) electrons. The number of benzene rings is 5. The van der Waals surface area contributed by atoms with Gasteiger partial charge in [0.1, 0.15) is 5.75 Å². The van der Waals surface area contributed by atoms with E-state index in [2.05, 4.69) is 34.9 Å². The van der Waals surface area contributed by atoms with Gasteiger partial charge in [-0.1, -0.05) is 88.9 Å². The van der Waals surface area contributed by atoms with Gasteiger partial charge in [0, 0.05) is 36.4 Å². The van der Waals surface area contributed by atoms with Crippen LogP contribution in [-0.2, 0) is 0 Å². The van der Waals surface area contributed by atoms with Crippen LogP contribution in [0.2, 0.25) is 20.1 Å². The average molecular weight is 626 g/mol. The minimum Gasteiger partial charge on any atom is -0.496 e. The van der Waals surface area contributed by atoms with Crippen molar-refractivity contribution in [3.63, 3.8) is 0 Å². The molecule has 0 fully saturated rings. The van der Waals surface area contributed by atoms with Crippen LogP contribution in [0.15, 0.2) is 115 Å². The van der Waals surface area contributed by atoms with E-state index in [0.717, 1.165) is 66.3 Å². The van der Waals surface area contributed by atoms with Crippen molar-refractivity contribution in [3.8, 4) is 39.3 Å². The second kappa shape index (κ2) is 10.8. The SMILES string of the molecule is COc1cccc2c(-c3ccc(Cl)cc3)c3c4cccc(Cl)c4c(-c4ccc(Cl)cc4)c(-c4ccc(Cl)cc4)[n+]3cc12. The van der Waals surface area contributed by atoms with Gasteiger partial charge in [-0.05, 0) is 77.9 Å². The third-order valence-corrected chi connectivity index (χ3v) is 8.74. The molecule has 0 unspecified atom stereocenters. The van der Waals surface area contributed by atoms with Gasteiger partial charge in [-0.3, -0.25) is 0 Å². The number of hydrogen-bond acceptors (Lipinski definition) is 1. The van der Waals surface area contributed by atoms with E-state index in [-0.39, 0.29) is 0 Å². The molecule has 0 N–H and O–H groups in total. The lowest BCUT2D eigenvalue weighted by molar-refractivity contribution is -0.495. The van der Waals surface area contributed by atoms with Gasteiger partial charge in [0.15, 0.2) is 6.20 Å². The van der Waals surface area contributed by atoms with Gasteiger partial charge in [-0.15, -0.1) is 0 Å². The summed E-state index contributed by atoms with van der Waals surface area (Å²) in [5.41, 5.74) is 7.02. The van der Waals surface area contributed by atoms with Crippen molar-refractivity contribution in [2.24, 2.45) is 0 Å². The van der Waals surface area contributed by atoms with E-state index >= 15 is 0 Å². The first-order chi connectivity index (χ1) is 20.4. The van der Waals surface area contributed by atoms with Crippen molar-refractivity contribution in [2.75, 3.05) is 7.11 Å². The van der Waals surface area contributed by atoms with Crippen LogP contribution in [0.1, 0.15) is 0 Å². The molecule has 0 bridgehead atoms. The second-order valence-corrected chi connectivity index (χ2v) is 11.8. The summed E-state index contributed by atoms with van der Waals surface area (Å²) >= 11 is 26.2. The molecule has 0 spiro atoms. The molecule has 2 nitrogen and oxygen atoms in total. The van der Waals surface area contributed by atoms with Gasteiger partial charge in [-0.25, -0.2) is 0 Å². The van der Waals surface area contributed by atoms with Crippen molar-refractivity contribution in [1.82, 2.24) is 0 Å². The molecule has 7 aromatic rings. The lowest BCUT2D eigenvalue weighted by atomic mass is 9.89. The number of ether oxygens (including phenoxy) is 1. The van der Waals surface area contributed by atoms with Crippen LogP contribution in [0.3, 0.4) is 0 Å². The molecular formula is C36H22Cl4NO+. The highest BCUT2D eigenvalue weighted by Gasteiger charge is 2.30. The van der Waals surface area contributed by atoms with Gasteiger partial charge in [0.25, 0.3) is 0 Å². The Kier molecular flexibility index (Phi) is 6.96. The smallest absolute Gasteiger partial charge is 0.227 e. The van der Waals surface area contributed by atoms with Crippen LogP contribution in [0.25, 0.3) is 60.6 Å². The highest BCUT2D eigenvalue weighted by atomic mass is 35.5. The molecule has 42 heavy (non-hydrogen) atoms. The minimum absolute atomic E-state index is 0.656. The van der Waals surface area contributed by atoms with Crippen LogP contribution in [0, 0.1) is 0 Å². The van der Waals surface area contributed by atoms with Crippen LogP contribution >= 0.6 is 46.4 Å². The Morgan fingerprint density at radius 2 is 1.05 bits per heavy atom. The molecule has 7 rings (SSSR count). The van der Waals surface area contributed by atoms with Crippen molar-refractivity contribution in [1.29, 1.82) is 0 Å². The first kappa shape index (κ1) is 27.1. The number of methoxy groups -OCH3 is 1. The molecular weight excluding hydrogens is 604 g/mol. The highest BCUT2D eigenvalue weighted by molar-refractivity contribution is 6.38. The summed E-state index contributed by atoms with van der Waals surface area (Å²) in [6, 6.07) is 36.0. The molecule has 0 aliphatic rings. The minimum atomic E-state index is 0.656. The summed E-state index contributed by atoms with van der Waals surface area (Å²) in [7, 11) is 1.70. The van der Waals surface area contributed by atoms with E-state index in [4.69, 9.17) is 51.1 Å². The maximum Gasteiger partial charge on any atom is 0.227 e. The Labute approximate surface area is 263 Å². The molecule has 0 aliphatic heterocycles. The van der Waals surface area contributed by atoms with Gasteiger partial charge < -0.3 is 4.74 Å². The average Bonchev–Trinajstić information content (AvgIpc) is 3.01. The Bertz CT molecular complexity index is 2140. The number of aromatic nitrogens is 1. The zero-order valence-electron chi connectivity index (χ0n) is 22.3. The normalized spacial score (nSPS) is 11.5. The van der Waals surface area contributed by atoms with Crippen LogP contribution in [-0.4, -0.2) is 7.11 Å². The summed E-state index contributed by atoms with van der Waals surface area (Å²) in [5, 5.41) is 6.64. The largest absolute Gasteiger partial charge is 0.496 e. The molecule has 0 amide bonds. The fraction of sp³-hybridized carbons (Fsp3) is 0.0278. The van der Waals surface area contributed by atoms with Crippen LogP contribution in [0.5, 0.6) is 5.75 Å². The van der Waals surface area contributed by atoms with Crippen molar-refractivity contribution in [2.45, 2.75) is 0 Å². The van der Waals surface area contributed by atoms with Crippen molar-refractivity contribution >= 4 is 73.5 Å². The molecule has 0 saturated heterocycles. The molecule has 204 valence electrons. The molecule has 0 saturated carbocycles. The molecule has 0 atom stereocenters. The predicted molar refractivity (Wildman–Crippen MR) is 178 cm³/mol. The number of pyridine rings is 2. The monoisotopic (exact) mass is 624 g/mol. The third-order valence-electron chi connectivity index (χ3n) is 7.67. The third kappa shape index (κ3) is 4.47. The van der Waals surface area contributed by atoms with Crippen LogP contribution < -0.4 is 9.14 Å². The zero-order chi connectivity index (χ0) is 29.0. The van der Waals surface area contributed by atoms with E-state index < -0.39 is 0 Å². The van der Waals surface area contributed by atoms with Crippen molar-refractivity contribution < 1.29 is 9.14 Å². The topological polar surface area (TPSA) is 13.3 Å². The first-order valence-electron chi connectivity index (χ1n) is 13.3. The molecule has 6 heteroatoms. The summed E-state index contributed by atoms with van der Waals surface area (Å²) in [6.07, 6.45) is 2.16. The highest BCUT2D eigenvalue weighted by Crippen LogP contribution is 2.45. The van der Waals surface area contributed by atoms with Gasteiger partial charge in [0.05, 0.1) is 29.0 Å². The molecule has 2 aromatic heterocycles. The molecule has 0 aliphatic carbocycles. The molecule has 5 aromatic carbocycles. The molecule has 2 heterocycles. The summed E-state index contributed by atoms with van der Waals surface area (Å²) < 4.78 is 8.16. The maximum absolute atomic E-state index is 7.12. The number of hydrogen-bond donors (Lipinski definition) is 0. The van der Waals surface area contributed by atoms with E-state index in [1.807, 2.05) is 84.9 Å². The Hall–Kier alpha value is -3.79. The van der Waals surface area contributed by atoms with E-state index in [1.165, 1.54) is 0 Å². The number of nitrogens with zero attached hydrogens (tertiary/aromatic N) is 1. The lowest BCUT2D eigenvalue weighted by Crippen LogP contribution is -2.27. The Balaban J connectivity index is 1.81. The van der Waals surface area contributed by atoms with Crippen LogP contribution in [0.4, 0.5) is 0 Å². The lowest BCUT2D eigenvalue weighted by Gasteiger charge is -2.17. The number of halogens is 4. The number of rotatable bonds is 4. The van der Waals surface area contributed by atoms with E-state index in [9.17, 15) is 0 Å². The Morgan fingerprint density at radius 3 is 1.64 bits per heavy atom. The van der Waals surface area contributed by atoms with E-state index in [1.54, 1.807) is 7.11 Å². The van der Waals surface area contributed by atoms with Gasteiger partial charge >= 0.3 is 0 Å². The summed E-state index contributed by atoms with van der Waals surface area (Å²) in [5.74, 6) is 0.776. The summed E-state index contributed by atoms with van der Waals surface area (Å²) in [6.45, 7) is 0. The maximum atomic E-state index is 7.12.